The van der Waals surface area contributed by atoms with Crippen LogP contribution in [0, 0.1) is 0 Å². The monoisotopic (exact) mass is 287 g/mol. The summed E-state index contributed by atoms with van der Waals surface area (Å²) in [4.78, 5) is 4.32. The highest BCUT2D eigenvalue weighted by Crippen LogP contribution is 2.00. The van der Waals surface area contributed by atoms with Crippen LogP contribution in [0.15, 0.2) is 42.7 Å². The normalized spacial score (nSPS) is 9.39. The molecule has 0 unspecified atom stereocenters. The largest absolute Gasteiger partial charge is 0.334 e. The smallest absolute Gasteiger partial charge is 0.122 e. The number of rotatable bonds is 5. The van der Waals surface area contributed by atoms with Gasteiger partial charge >= 0.3 is 0 Å². The molecule has 0 fully saturated rings. The topological polar surface area (TPSA) is 29.9 Å². The molecule has 1 aromatic carbocycles. The van der Waals surface area contributed by atoms with Gasteiger partial charge in [-0.1, -0.05) is 30.3 Å². The molecule has 0 saturated carbocycles. The zero-order valence-electron chi connectivity index (χ0n) is 10.4. The van der Waals surface area contributed by atoms with Crippen LogP contribution in [0.4, 0.5) is 0 Å². The molecule has 1 aromatic heterocycles. The number of aromatic nitrogens is 2. The molecule has 0 spiro atoms. The number of nitrogens with zero attached hydrogens (tertiary/aromatic N) is 2. The lowest BCUT2D eigenvalue weighted by Crippen LogP contribution is -2.16. The zero-order chi connectivity index (χ0) is 11.2. The van der Waals surface area contributed by atoms with Crippen LogP contribution in [0.1, 0.15) is 18.3 Å². The van der Waals surface area contributed by atoms with Crippen LogP contribution in [-0.4, -0.2) is 9.55 Å². The van der Waals surface area contributed by atoms with Gasteiger partial charge in [-0.25, -0.2) is 4.98 Å². The van der Waals surface area contributed by atoms with Crippen molar-refractivity contribution in [2.24, 2.45) is 0 Å². The number of imidazole rings is 1. The van der Waals surface area contributed by atoms with Crippen molar-refractivity contribution in [3.8, 4) is 0 Å². The fraction of sp³-hybridized carbons (Fsp3) is 0.308. The lowest BCUT2D eigenvalue weighted by Gasteiger charge is -2.06. The van der Waals surface area contributed by atoms with Crippen molar-refractivity contribution in [1.29, 1.82) is 0 Å². The number of hydrogen-bond acceptors (Lipinski definition) is 2. The van der Waals surface area contributed by atoms with E-state index < -0.39 is 0 Å². The van der Waals surface area contributed by atoms with E-state index in [1.165, 1.54) is 5.56 Å². The fourth-order valence-electron chi connectivity index (χ4n) is 1.71. The fourth-order valence-corrected chi connectivity index (χ4v) is 1.71. The summed E-state index contributed by atoms with van der Waals surface area (Å²) in [5.74, 6) is 1.10. The van der Waals surface area contributed by atoms with Crippen LogP contribution >= 0.6 is 24.8 Å². The molecule has 18 heavy (non-hydrogen) atoms. The molecule has 1 heterocycles. The molecule has 3 nitrogen and oxygen atoms in total. The van der Waals surface area contributed by atoms with Crippen LogP contribution in [0.2, 0.25) is 0 Å². The first-order valence-electron chi connectivity index (χ1n) is 5.65. The molecule has 0 saturated heterocycles. The van der Waals surface area contributed by atoms with Gasteiger partial charge in [0.1, 0.15) is 5.82 Å². The first kappa shape index (κ1) is 17.0. The van der Waals surface area contributed by atoms with E-state index in [2.05, 4.69) is 46.1 Å². The van der Waals surface area contributed by atoms with Crippen LogP contribution in [0.25, 0.3) is 0 Å². The third-order valence-corrected chi connectivity index (χ3v) is 2.60. The van der Waals surface area contributed by atoms with Gasteiger partial charge in [0.2, 0.25) is 0 Å². The third kappa shape index (κ3) is 4.69. The molecular formula is C13H19Cl2N3. The number of hydrogen-bond donors (Lipinski definition) is 1. The van der Waals surface area contributed by atoms with E-state index in [0.29, 0.717) is 0 Å². The van der Waals surface area contributed by atoms with Crippen molar-refractivity contribution in [2.45, 2.75) is 26.6 Å². The zero-order valence-corrected chi connectivity index (χ0v) is 12.0. The molecule has 1 N–H and O–H groups in total. The lowest BCUT2D eigenvalue weighted by atomic mass is 10.2. The Bertz CT molecular complexity index is 429. The quantitative estimate of drug-likeness (QED) is 0.916. The molecule has 100 valence electrons. The minimum absolute atomic E-state index is 0. The number of aryl methyl sites for hydroxylation is 1. The standard InChI is InChI=1S/C13H17N3.2ClH/c1-2-16-9-8-15-13(16)11-14-10-12-6-4-3-5-7-12;;/h3-9,14H,2,10-11H2,1H3;2*1H. The van der Waals surface area contributed by atoms with E-state index >= 15 is 0 Å². The summed E-state index contributed by atoms with van der Waals surface area (Å²) < 4.78 is 2.15. The maximum Gasteiger partial charge on any atom is 0.122 e. The Kier molecular flexibility index (Phi) is 8.46. The van der Waals surface area contributed by atoms with Crippen LogP contribution in [0.3, 0.4) is 0 Å². The average Bonchev–Trinajstić information content (AvgIpc) is 2.78. The van der Waals surface area contributed by atoms with Crippen molar-refractivity contribution in [3.05, 3.63) is 54.1 Å². The third-order valence-electron chi connectivity index (χ3n) is 2.60. The van der Waals surface area contributed by atoms with Gasteiger partial charge in [0.15, 0.2) is 0 Å². The van der Waals surface area contributed by atoms with Gasteiger partial charge < -0.3 is 9.88 Å². The molecule has 0 radical (unpaired) electrons. The maximum atomic E-state index is 4.32. The molecule has 0 amide bonds. The van der Waals surface area contributed by atoms with E-state index in [0.717, 1.165) is 25.5 Å². The summed E-state index contributed by atoms with van der Waals surface area (Å²) in [6, 6.07) is 10.4. The van der Waals surface area contributed by atoms with Crippen molar-refractivity contribution in [1.82, 2.24) is 14.9 Å². The molecule has 2 rings (SSSR count). The van der Waals surface area contributed by atoms with E-state index in [4.69, 9.17) is 0 Å². The summed E-state index contributed by atoms with van der Waals surface area (Å²) >= 11 is 0. The second-order valence-corrected chi connectivity index (χ2v) is 3.72. The SMILES string of the molecule is CCn1ccnc1CNCc1ccccc1.Cl.Cl. The second kappa shape index (κ2) is 8.97. The van der Waals surface area contributed by atoms with Crippen LogP contribution in [0.5, 0.6) is 0 Å². The molecule has 0 atom stereocenters. The molecule has 0 aliphatic carbocycles. The first-order valence-corrected chi connectivity index (χ1v) is 5.65. The van der Waals surface area contributed by atoms with Gasteiger partial charge in [-0.3, -0.25) is 0 Å². The molecule has 0 aliphatic heterocycles. The summed E-state index contributed by atoms with van der Waals surface area (Å²) in [5, 5.41) is 3.40. The first-order chi connectivity index (χ1) is 7.90. The highest BCUT2D eigenvalue weighted by Gasteiger charge is 1.99. The number of benzene rings is 1. The second-order valence-electron chi connectivity index (χ2n) is 3.72. The average molecular weight is 288 g/mol. The summed E-state index contributed by atoms with van der Waals surface area (Å²) in [5.41, 5.74) is 1.30. The summed E-state index contributed by atoms with van der Waals surface area (Å²) in [6.45, 7) is 4.80. The van der Waals surface area contributed by atoms with Crippen molar-refractivity contribution < 1.29 is 0 Å². The van der Waals surface area contributed by atoms with Gasteiger partial charge in [0.25, 0.3) is 0 Å². The molecule has 2 aromatic rings. The Morgan fingerprint density at radius 3 is 2.50 bits per heavy atom. The minimum Gasteiger partial charge on any atom is -0.334 e. The van der Waals surface area contributed by atoms with Crippen molar-refractivity contribution in [2.75, 3.05) is 0 Å². The van der Waals surface area contributed by atoms with Gasteiger partial charge in [-0.15, -0.1) is 24.8 Å². The predicted octanol–water partition coefficient (Wildman–Crippen LogP) is 3.04. The minimum atomic E-state index is 0. The summed E-state index contributed by atoms with van der Waals surface area (Å²) in [7, 11) is 0. The van der Waals surface area contributed by atoms with Crippen LogP contribution in [-0.2, 0) is 19.6 Å². The van der Waals surface area contributed by atoms with Gasteiger partial charge in [-0.2, -0.15) is 0 Å². The van der Waals surface area contributed by atoms with Crippen LogP contribution < -0.4 is 5.32 Å². The Morgan fingerprint density at radius 2 is 1.83 bits per heavy atom. The van der Waals surface area contributed by atoms with Gasteiger partial charge in [0, 0.05) is 25.5 Å². The Morgan fingerprint density at radius 1 is 1.11 bits per heavy atom. The molecule has 5 heteroatoms. The Balaban J connectivity index is 0.00000144. The van der Waals surface area contributed by atoms with Crippen molar-refractivity contribution >= 4 is 24.8 Å². The lowest BCUT2D eigenvalue weighted by molar-refractivity contribution is 0.613. The molecule has 0 bridgehead atoms. The number of nitrogens with one attached hydrogen (secondary N) is 1. The Labute approximate surface area is 120 Å². The molecular weight excluding hydrogens is 269 g/mol. The van der Waals surface area contributed by atoms with Crippen molar-refractivity contribution in [3.63, 3.8) is 0 Å². The van der Waals surface area contributed by atoms with E-state index in [9.17, 15) is 0 Å². The Hall–Kier alpha value is -1.03. The number of halogens is 2. The predicted molar refractivity (Wildman–Crippen MR) is 79.4 cm³/mol. The molecule has 0 aliphatic rings. The van der Waals surface area contributed by atoms with Gasteiger partial charge in [-0.05, 0) is 12.5 Å². The van der Waals surface area contributed by atoms with Gasteiger partial charge in [0.05, 0.1) is 6.54 Å². The maximum absolute atomic E-state index is 4.32. The summed E-state index contributed by atoms with van der Waals surface area (Å²) in [6.07, 6.45) is 3.86. The van der Waals surface area contributed by atoms with E-state index in [1.54, 1.807) is 0 Å². The highest BCUT2D eigenvalue weighted by atomic mass is 35.5. The highest BCUT2D eigenvalue weighted by molar-refractivity contribution is 5.85. The van der Waals surface area contributed by atoms with E-state index in [1.807, 2.05) is 18.5 Å². The van der Waals surface area contributed by atoms with E-state index in [-0.39, 0.29) is 24.8 Å².